The standard InChI is InChI=1S/C19H20N2O2/c1-13-7-6-10-16-17(20-14(2)22)19(23)21(18(13)16)12-11-15-8-4-3-5-9-15/h3-10,17H,11-12H2,1-2H3,(H,20,22). The van der Waals surface area contributed by atoms with Crippen molar-refractivity contribution >= 4 is 17.5 Å². The number of fused-ring (bicyclic) bond motifs is 1. The van der Waals surface area contributed by atoms with Gasteiger partial charge < -0.3 is 10.2 Å². The van der Waals surface area contributed by atoms with Gasteiger partial charge in [0.2, 0.25) is 5.91 Å². The van der Waals surface area contributed by atoms with Gasteiger partial charge in [0.15, 0.2) is 0 Å². The number of amides is 2. The number of carbonyl (C=O) groups is 2. The molecule has 118 valence electrons. The maximum absolute atomic E-state index is 12.8. The van der Waals surface area contributed by atoms with Crippen molar-refractivity contribution in [1.29, 1.82) is 0 Å². The molecule has 2 aromatic carbocycles. The molecule has 4 nitrogen and oxygen atoms in total. The topological polar surface area (TPSA) is 49.4 Å². The third kappa shape index (κ3) is 2.97. The average molecular weight is 308 g/mol. The molecule has 23 heavy (non-hydrogen) atoms. The third-order valence-corrected chi connectivity index (χ3v) is 4.18. The summed E-state index contributed by atoms with van der Waals surface area (Å²) < 4.78 is 0. The van der Waals surface area contributed by atoms with Gasteiger partial charge in [-0.2, -0.15) is 0 Å². The first-order valence-corrected chi connectivity index (χ1v) is 7.80. The molecule has 3 rings (SSSR count). The van der Waals surface area contributed by atoms with E-state index in [-0.39, 0.29) is 11.8 Å². The van der Waals surface area contributed by atoms with Crippen LogP contribution in [0.2, 0.25) is 0 Å². The smallest absolute Gasteiger partial charge is 0.254 e. The number of para-hydroxylation sites is 1. The number of rotatable bonds is 4. The fourth-order valence-electron chi connectivity index (χ4n) is 3.13. The van der Waals surface area contributed by atoms with Gasteiger partial charge in [-0.3, -0.25) is 9.59 Å². The molecule has 1 aliphatic heterocycles. The van der Waals surface area contributed by atoms with Gasteiger partial charge in [0.05, 0.1) is 5.69 Å². The van der Waals surface area contributed by atoms with Crippen LogP contribution < -0.4 is 10.2 Å². The summed E-state index contributed by atoms with van der Waals surface area (Å²) in [6.07, 6.45) is 0.785. The van der Waals surface area contributed by atoms with Crippen LogP contribution in [0, 0.1) is 6.92 Å². The predicted molar refractivity (Wildman–Crippen MR) is 90.2 cm³/mol. The average Bonchev–Trinajstić information content (AvgIpc) is 2.80. The summed E-state index contributed by atoms with van der Waals surface area (Å²) in [7, 11) is 0. The van der Waals surface area contributed by atoms with Crippen LogP contribution in [0.1, 0.15) is 29.7 Å². The van der Waals surface area contributed by atoms with Gasteiger partial charge in [-0.1, -0.05) is 48.5 Å². The van der Waals surface area contributed by atoms with E-state index >= 15 is 0 Å². The number of nitrogens with zero attached hydrogens (tertiary/aromatic N) is 1. The van der Waals surface area contributed by atoms with Crippen LogP contribution in [-0.2, 0) is 16.0 Å². The Labute approximate surface area is 136 Å². The van der Waals surface area contributed by atoms with E-state index in [1.165, 1.54) is 12.5 Å². The molecule has 1 atom stereocenters. The molecule has 1 aliphatic rings. The Bertz CT molecular complexity index is 740. The van der Waals surface area contributed by atoms with Gasteiger partial charge in [-0.15, -0.1) is 0 Å². The number of benzene rings is 2. The lowest BCUT2D eigenvalue weighted by molar-refractivity contribution is -0.126. The summed E-state index contributed by atoms with van der Waals surface area (Å²) in [6, 6.07) is 15.4. The zero-order chi connectivity index (χ0) is 16.4. The second kappa shape index (κ2) is 6.24. The molecule has 0 bridgehead atoms. The van der Waals surface area contributed by atoms with E-state index in [9.17, 15) is 9.59 Å². The summed E-state index contributed by atoms with van der Waals surface area (Å²) in [4.78, 5) is 26.0. The monoisotopic (exact) mass is 308 g/mol. The normalized spacial score (nSPS) is 16.3. The van der Waals surface area contributed by atoms with Crippen LogP contribution in [-0.4, -0.2) is 18.4 Å². The Balaban J connectivity index is 1.89. The van der Waals surface area contributed by atoms with E-state index in [1.807, 2.05) is 43.3 Å². The lowest BCUT2D eigenvalue weighted by atomic mass is 10.0. The van der Waals surface area contributed by atoms with Gasteiger partial charge in [-0.05, 0) is 24.5 Å². The molecule has 0 aliphatic carbocycles. The van der Waals surface area contributed by atoms with Crippen LogP contribution in [0.3, 0.4) is 0 Å². The molecule has 0 saturated heterocycles. The summed E-state index contributed by atoms with van der Waals surface area (Å²) in [5, 5.41) is 2.77. The van der Waals surface area contributed by atoms with Crippen LogP contribution in [0.15, 0.2) is 48.5 Å². The Kier molecular flexibility index (Phi) is 4.15. The van der Waals surface area contributed by atoms with Crippen LogP contribution in [0.5, 0.6) is 0 Å². The minimum Gasteiger partial charge on any atom is -0.341 e. The molecule has 1 N–H and O–H groups in total. The number of anilines is 1. The maximum atomic E-state index is 12.8. The van der Waals surface area contributed by atoms with Gasteiger partial charge in [-0.25, -0.2) is 0 Å². The Morgan fingerprint density at radius 3 is 2.57 bits per heavy atom. The van der Waals surface area contributed by atoms with Gasteiger partial charge >= 0.3 is 0 Å². The van der Waals surface area contributed by atoms with Crippen molar-refractivity contribution in [2.75, 3.05) is 11.4 Å². The molecule has 0 saturated carbocycles. The predicted octanol–water partition coefficient (Wildman–Crippen LogP) is 2.76. The lowest BCUT2D eigenvalue weighted by Crippen LogP contribution is -2.37. The minimum absolute atomic E-state index is 0.0552. The Hall–Kier alpha value is -2.62. The number of hydrogen-bond donors (Lipinski definition) is 1. The van der Waals surface area contributed by atoms with Crippen molar-refractivity contribution in [3.8, 4) is 0 Å². The van der Waals surface area contributed by atoms with Gasteiger partial charge in [0, 0.05) is 19.0 Å². The van der Waals surface area contributed by atoms with Crippen molar-refractivity contribution in [1.82, 2.24) is 5.32 Å². The second-order valence-electron chi connectivity index (χ2n) is 5.87. The summed E-state index contributed by atoms with van der Waals surface area (Å²) in [5.41, 5.74) is 4.07. The van der Waals surface area contributed by atoms with E-state index in [4.69, 9.17) is 0 Å². The Morgan fingerprint density at radius 2 is 1.87 bits per heavy atom. The molecule has 1 heterocycles. The van der Waals surface area contributed by atoms with E-state index in [0.29, 0.717) is 6.54 Å². The number of nitrogens with one attached hydrogen (secondary N) is 1. The summed E-state index contributed by atoms with van der Waals surface area (Å²) >= 11 is 0. The quantitative estimate of drug-likeness (QED) is 0.944. The first-order chi connectivity index (χ1) is 11.1. The summed E-state index contributed by atoms with van der Waals surface area (Å²) in [5.74, 6) is -0.249. The number of hydrogen-bond acceptors (Lipinski definition) is 2. The molecule has 0 spiro atoms. The van der Waals surface area contributed by atoms with E-state index in [0.717, 1.165) is 23.2 Å². The van der Waals surface area contributed by atoms with E-state index in [2.05, 4.69) is 17.4 Å². The van der Waals surface area contributed by atoms with Crippen molar-refractivity contribution < 1.29 is 9.59 Å². The van der Waals surface area contributed by atoms with E-state index in [1.54, 1.807) is 4.90 Å². The van der Waals surface area contributed by atoms with Crippen molar-refractivity contribution in [3.63, 3.8) is 0 Å². The molecule has 2 aromatic rings. The van der Waals surface area contributed by atoms with Gasteiger partial charge in [0.1, 0.15) is 6.04 Å². The molecule has 0 aromatic heterocycles. The minimum atomic E-state index is -0.571. The highest BCUT2D eigenvalue weighted by molar-refractivity contribution is 6.06. The van der Waals surface area contributed by atoms with E-state index < -0.39 is 6.04 Å². The second-order valence-corrected chi connectivity index (χ2v) is 5.87. The molecular formula is C19H20N2O2. The maximum Gasteiger partial charge on any atom is 0.254 e. The highest BCUT2D eigenvalue weighted by Crippen LogP contribution is 2.38. The molecule has 4 heteroatoms. The molecule has 0 radical (unpaired) electrons. The highest BCUT2D eigenvalue weighted by atomic mass is 16.2. The molecule has 1 unspecified atom stereocenters. The lowest BCUT2D eigenvalue weighted by Gasteiger charge is -2.19. The number of carbonyl (C=O) groups excluding carboxylic acids is 2. The molecular weight excluding hydrogens is 288 g/mol. The zero-order valence-electron chi connectivity index (χ0n) is 13.4. The third-order valence-electron chi connectivity index (χ3n) is 4.18. The van der Waals surface area contributed by atoms with Crippen molar-refractivity contribution in [2.45, 2.75) is 26.3 Å². The SMILES string of the molecule is CC(=O)NC1C(=O)N(CCc2ccccc2)c2c(C)cccc21. The largest absolute Gasteiger partial charge is 0.341 e. The van der Waals surface area contributed by atoms with Gasteiger partial charge in [0.25, 0.3) is 5.91 Å². The van der Waals surface area contributed by atoms with Crippen molar-refractivity contribution in [3.05, 3.63) is 65.2 Å². The first kappa shape index (κ1) is 15.3. The zero-order valence-corrected chi connectivity index (χ0v) is 13.4. The summed E-state index contributed by atoms with van der Waals surface area (Å²) in [6.45, 7) is 4.05. The van der Waals surface area contributed by atoms with Crippen LogP contribution in [0.4, 0.5) is 5.69 Å². The van der Waals surface area contributed by atoms with Crippen molar-refractivity contribution in [2.24, 2.45) is 0 Å². The number of aryl methyl sites for hydroxylation is 1. The Morgan fingerprint density at radius 1 is 1.13 bits per heavy atom. The highest BCUT2D eigenvalue weighted by Gasteiger charge is 2.38. The van der Waals surface area contributed by atoms with Crippen LogP contribution >= 0.6 is 0 Å². The molecule has 2 amide bonds. The molecule has 0 fully saturated rings. The first-order valence-electron chi connectivity index (χ1n) is 7.80. The van der Waals surface area contributed by atoms with Crippen LogP contribution in [0.25, 0.3) is 0 Å². The fourth-order valence-corrected chi connectivity index (χ4v) is 3.13. The fraction of sp³-hybridized carbons (Fsp3) is 0.263.